The Bertz CT molecular complexity index is 325. The summed E-state index contributed by atoms with van der Waals surface area (Å²) in [7, 11) is 0. The van der Waals surface area contributed by atoms with Crippen LogP contribution < -0.4 is 5.73 Å². The van der Waals surface area contributed by atoms with Crippen molar-refractivity contribution >= 4 is 0 Å². The second kappa shape index (κ2) is 4.98. The van der Waals surface area contributed by atoms with Crippen LogP contribution in [0.15, 0.2) is 30.3 Å². The van der Waals surface area contributed by atoms with Gasteiger partial charge < -0.3 is 10.8 Å². The molecule has 0 spiro atoms. The van der Waals surface area contributed by atoms with Crippen LogP contribution in [0.5, 0.6) is 0 Å². The first kappa shape index (κ1) is 11.6. The minimum absolute atomic E-state index is 0.210. The standard InChI is InChI=1S/C14H21NO/c15-13-8-10-14(16,11-13)9-4-7-12-5-2-1-3-6-12/h1-3,5-6,13,16H,4,7-11,15H2. The highest BCUT2D eigenvalue weighted by Gasteiger charge is 2.34. The van der Waals surface area contributed by atoms with Crippen LogP contribution in [0.25, 0.3) is 0 Å². The van der Waals surface area contributed by atoms with Gasteiger partial charge >= 0.3 is 0 Å². The molecule has 1 aliphatic carbocycles. The molecule has 16 heavy (non-hydrogen) atoms. The number of benzene rings is 1. The molecule has 0 bridgehead atoms. The molecular formula is C14H21NO. The van der Waals surface area contributed by atoms with Crippen LogP contribution >= 0.6 is 0 Å². The maximum Gasteiger partial charge on any atom is 0.0663 e. The molecule has 1 fully saturated rings. The molecule has 2 unspecified atom stereocenters. The van der Waals surface area contributed by atoms with Gasteiger partial charge in [0, 0.05) is 6.04 Å². The van der Waals surface area contributed by atoms with Crippen molar-refractivity contribution in [2.75, 3.05) is 0 Å². The quantitative estimate of drug-likeness (QED) is 0.816. The molecule has 3 N–H and O–H groups in total. The predicted octanol–water partition coefficient (Wildman–Crippen LogP) is 2.25. The average Bonchev–Trinajstić information content (AvgIpc) is 2.60. The van der Waals surface area contributed by atoms with E-state index in [1.165, 1.54) is 5.56 Å². The zero-order valence-electron chi connectivity index (χ0n) is 9.73. The third-order valence-electron chi connectivity index (χ3n) is 3.57. The van der Waals surface area contributed by atoms with E-state index < -0.39 is 5.60 Å². The summed E-state index contributed by atoms with van der Waals surface area (Å²) in [6.45, 7) is 0. The van der Waals surface area contributed by atoms with E-state index in [1.54, 1.807) is 0 Å². The summed E-state index contributed by atoms with van der Waals surface area (Å²) in [5, 5.41) is 10.3. The first-order valence-corrected chi connectivity index (χ1v) is 6.20. The highest BCUT2D eigenvalue weighted by Crippen LogP contribution is 2.33. The topological polar surface area (TPSA) is 46.2 Å². The molecule has 0 aliphatic heterocycles. The van der Waals surface area contributed by atoms with Crippen LogP contribution in [0.2, 0.25) is 0 Å². The largest absolute Gasteiger partial charge is 0.390 e. The summed E-state index contributed by atoms with van der Waals surface area (Å²) in [5.41, 5.74) is 6.71. The Morgan fingerprint density at radius 1 is 1.31 bits per heavy atom. The summed E-state index contributed by atoms with van der Waals surface area (Å²) in [6, 6.07) is 10.7. The lowest BCUT2D eigenvalue weighted by Gasteiger charge is -2.22. The van der Waals surface area contributed by atoms with E-state index >= 15 is 0 Å². The van der Waals surface area contributed by atoms with Crippen molar-refractivity contribution in [2.45, 2.75) is 50.2 Å². The van der Waals surface area contributed by atoms with Crippen molar-refractivity contribution in [2.24, 2.45) is 5.73 Å². The molecule has 1 saturated carbocycles. The Hall–Kier alpha value is -0.860. The Kier molecular flexibility index (Phi) is 3.62. The Morgan fingerprint density at radius 2 is 2.06 bits per heavy atom. The van der Waals surface area contributed by atoms with E-state index in [1.807, 2.05) is 6.07 Å². The number of hydrogen-bond donors (Lipinski definition) is 2. The number of aryl methyl sites for hydroxylation is 1. The molecule has 1 aliphatic rings. The highest BCUT2D eigenvalue weighted by molar-refractivity contribution is 5.14. The van der Waals surface area contributed by atoms with Crippen LogP contribution in [0.3, 0.4) is 0 Å². The van der Waals surface area contributed by atoms with Gasteiger partial charge in [0.15, 0.2) is 0 Å². The molecule has 0 heterocycles. The van der Waals surface area contributed by atoms with Crippen LogP contribution in [-0.2, 0) is 6.42 Å². The highest BCUT2D eigenvalue weighted by atomic mass is 16.3. The van der Waals surface area contributed by atoms with Crippen molar-refractivity contribution in [1.29, 1.82) is 0 Å². The van der Waals surface area contributed by atoms with Gasteiger partial charge in [-0.15, -0.1) is 0 Å². The first-order valence-electron chi connectivity index (χ1n) is 6.20. The molecule has 0 saturated heterocycles. The van der Waals surface area contributed by atoms with E-state index in [4.69, 9.17) is 5.73 Å². The molecular weight excluding hydrogens is 198 g/mol. The number of nitrogens with two attached hydrogens (primary N) is 1. The van der Waals surface area contributed by atoms with Crippen molar-refractivity contribution in [1.82, 2.24) is 0 Å². The minimum Gasteiger partial charge on any atom is -0.390 e. The lowest BCUT2D eigenvalue weighted by Crippen LogP contribution is -2.27. The monoisotopic (exact) mass is 219 g/mol. The fraction of sp³-hybridized carbons (Fsp3) is 0.571. The van der Waals surface area contributed by atoms with Crippen LogP contribution in [0.1, 0.15) is 37.7 Å². The van der Waals surface area contributed by atoms with E-state index in [-0.39, 0.29) is 6.04 Å². The lowest BCUT2D eigenvalue weighted by molar-refractivity contribution is 0.0356. The summed E-state index contributed by atoms with van der Waals surface area (Å²) < 4.78 is 0. The second-order valence-corrected chi connectivity index (χ2v) is 5.07. The Morgan fingerprint density at radius 3 is 2.69 bits per heavy atom. The maximum absolute atomic E-state index is 10.3. The van der Waals surface area contributed by atoms with Crippen molar-refractivity contribution in [3.8, 4) is 0 Å². The van der Waals surface area contributed by atoms with Gasteiger partial charge in [-0.05, 0) is 44.1 Å². The molecule has 0 amide bonds. The number of aliphatic hydroxyl groups is 1. The maximum atomic E-state index is 10.3. The summed E-state index contributed by atoms with van der Waals surface area (Å²) in [4.78, 5) is 0. The fourth-order valence-corrected chi connectivity index (χ4v) is 2.64. The Labute approximate surface area is 97.5 Å². The zero-order chi connectivity index (χ0) is 11.4. The first-order chi connectivity index (χ1) is 7.68. The molecule has 1 aromatic rings. The number of hydrogen-bond acceptors (Lipinski definition) is 2. The smallest absolute Gasteiger partial charge is 0.0663 e. The third kappa shape index (κ3) is 3.06. The molecule has 0 aromatic heterocycles. The Balaban J connectivity index is 1.76. The van der Waals surface area contributed by atoms with E-state index in [2.05, 4.69) is 24.3 Å². The van der Waals surface area contributed by atoms with Gasteiger partial charge in [0.2, 0.25) is 0 Å². The van der Waals surface area contributed by atoms with Crippen molar-refractivity contribution in [3.63, 3.8) is 0 Å². The zero-order valence-corrected chi connectivity index (χ0v) is 9.73. The van der Waals surface area contributed by atoms with Gasteiger partial charge in [-0.1, -0.05) is 30.3 Å². The molecule has 2 rings (SSSR count). The third-order valence-corrected chi connectivity index (χ3v) is 3.57. The summed E-state index contributed by atoms with van der Waals surface area (Å²) in [6.07, 6.45) is 5.62. The van der Waals surface area contributed by atoms with Gasteiger partial charge in [-0.2, -0.15) is 0 Å². The van der Waals surface area contributed by atoms with Crippen molar-refractivity contribution < 1.29 is 5.11 Å². The summed E-state index contributed by atoms with van der Waals surface area (Å²) in [5.74, 6) is 0. The SMILES string of the molecule is NC1CCC(O)(CCCc2ccccc2)C1. The van der Waals surface area contributed by atoms with Crippen LogP contribution in [-0.4, -0.2) is 16.7 Å². The van der Waals surface area contributed by atoms with E-state index in [9.17, 15) is 5.11 Å². The van der Waals surface area contributed by atoms with Crippen LogP contribution in [0.4, 0.5) is 0 Å². The van der Waals surface area contributed by atoms with Gasteiger partial charge in [-0.25, -0.2) is 0 Å². The van der Waals surface area contributed by atoms with Crippen molar-refractivity contribution in [3.05, 3.63) is 35.9 Å². The molecule has 1 aromatic carbocycles. The normalized spacial score (nSPS) is 29.5. The second-order valence-electron chi connectivity index (χ2n) is 5.07. The number of rotatable bonds is 4. The van der Waals surface area contributed by atoms with E-state index in [0.29, 0.717) is 0 Å². The average molecular weight is 219 g/mol. The van der Waals surface area contributed by atoms with Gasteiger partial charge in [0.1, 0.15) is 0 Å². The van der Waals surface area contributed by atoms with Gasteiger partial charge in [0.25, 0.3) is 0 Å². The molecule has 2 atom stereocenters. The molecule has 0 radical (unpaired) electrons. The minimum atomic E-state index is -0.478. The fourth-order valence-electron chi connectivity index (χ4n) is 2.64. The molecule has 2 nitrogen and oxygen atoms in total. The van der Waals surface area contributed by atoms with Gasteiger partial charge in [-0.3, -0.25) is 0 Å². The summed E-state index contributed by atoms with van der Waals surface area (Å²) >= 11 is 0. The molecule has 2 heteroatoms. The predicted molar refractivity (Wildman–Crippen MR) is 66.2 cm³/mol. The van der Waals surface area contributed by atoms with Gasteiger partial charge in [0.05, 0.1) is 5.60 Å². The lowest BCUT2D eigenvalue weighted by atomic mass is 9.93. The molecule has 88 valence electrons. The van der Waals surface area contributed by atoms with E-state index in [0.717, 1.165) is 38.5 Å². The van der Waals surface area contributed by atoms with Crippen LogP contribution in [0, 0.1) is 0 Å².